The maximum atomic E-state index is 11.7. The van der Waals surface area contributed by atoms with E-state index in [1.54, 1.807) is 0 Å². The molecule has 6 atom stereocenters. The summed E-state index contributed by atoms with van der Waals surface area (Å²) in [5.74, 6) is -0.488. The van der Waals surface area contributed by atoms with E-state index in [2.05, 4.69) is 39.2 Å². The second-order valence-electron chi connectivity index (χ2n) is 10.1. The van der Waals surface area contributed by atoms with E-state index in [0.29, 0.717) is 0 Å². The molecule has 3 fully saturated rings. The Morgan fingerprint density at radius 3 is 2.38 bits per heavy atom. The zero-order valence-electron chi connectivity index (χ0n) is 17.4. The Bertz CT molecular complexity index is 559. The van der Waals surface area contributed by atoms with E-state index in [0.717, 1.165) is 12.8 Å². The highest BCUT2D eigenvalue weighted by atomic mass is 28.4. The van der Waals surface area contributed by atoms with Gasteiger partial charge in [-0.25, -0.2) is 4.79 Å². The quantitative estimate of drug-likeness (QED) is 0.749. The fourth-order valence-electron chi connectivity index (χ4n) is 4.23. The van der Waals surface area contributed by atoms with Crippen LogP contribution < -0.4 is 5.32 Å². The summed E-state index contributed by atoms with van der Waals surface area (Å²) in [7, 11) is -1.89. The lowest BCUT2D eigenvalue weighted by Crippen LogP contribution is -2.54. The molecule has 0 aromatic rings. The molecule has 2 saturated heterocycles. The molecular formula is C19H35NO5Si. The van der Waals surface area contributed by atoms with Gasteiger partial charge in [-0.1, -0.05) is 20.8 Å². The largest absolute Gasteiger partial charge is 0.444 e. The molecule has 1 unspecified atom stereocenters. The summed E-state index contributed by atoms with van der Waals surface area (Å²) < 4.78 is 24.5. The SMILES string of the molecule is C[C@H]1OC(=O)N[C@@H]1C1C[C@@H](O[Si](C)(C)C(C)(C)C)C[C@H]2OC(C)(C)O[C@H]12. The highest BCUT2D eigenvalue weighted by Crippen LogP contribution is 2.45. The third-order valence-electron chi connectivity index (χ3n) is 6.49. The van der Waals surface area contributed by atoms with Crippen LogP contribution in [0.15, 0.2) is 0 Å². The van der Waals surface area contributed by atoms with E-state index in [9.17, 15) is 4.79 Å². The minimum Gasteiger partial charge on any atom is -0.444 e. The van der Waals surface area contributed by atoms with Crippen LogP contribution in [0.1, 0.15) is 54.4 Å². The monoisotopic (exact) mass is 385 g/mol. The van der Waals surface area contributed by atoms with Gasteiger partial charge >= 0.3 is 6.09 Å². The number of fused-ring (bicyclic) bond motifs is 1. The molecule has 6 nitrogen and oxygen atoms in total. The van der Waals surface area contributed by atoms with Gasteiger partial charge in [0.05, 0.1) is 18.2 Å². The van der Waals surface area contributed by atoms with Gasteiger partial charge in [0.25, 0.3) is 0 Å². The smallest absolute Gasteiger partial charge is 0.407 e. The molecule has 150 valence electrons. The number of hydrogen-bond acceptors (Lipinski definition) is 5. The Morgan fingerprint density at radius 1 is 1.19 bits per heavy atom. The highest BCUT2D eigenvalue weighted by Gasteiger charge is 2.55. The minimum absolute atomic E-state index is 0.0109. The van der Waals surface area contributed by atoms with Gasteiger partial charge in [-0.15, -0.1) is 0 Å². The highest BCUT2D eigenvalue weighted by molar-refractivity contribution is 6.74. The Kier molecular flexibility index (Phi) is 5.00. The third-order valence-corrected chi connectivity index (χ3v) is 11.0. The number of cyclic esters (lactones) is 1. The van der Waals surface area contributed by atoms with Crippen LogP contribution in [0, 0.1) is 5.92 Å². The number of alkyl carbamates (subject to hydrolysis) is 1. The topological polar surface area (TPSA) is 66.0 Å². The predicted octanol–water partition coefficient (Wildman–Crippen LogP) is 3.80. The Labute approximate surface area is 158 Å². The van der Waals surface area contributed by atoms with Gasteiger partial charge in [0.1, 0.15) is 6.10 Å². The normalized spacial score (nSPS) is 40.1. The zero-order chi connectivity index (χ0) is 19.5. The predicted molar refractivity (Wildman–Crippen MR) is 101 cm³/mol. The molecule has 0 bridgehead atoms. The van der Waals surface area contributed by atoms with E-state index in [1.807, 2.05) is 20.8 Å². The molecular weight excluding hydrogens is 350 g/mol. The second kappa shape index (κ2) is 6.46. The van der Waals surface area contributed by atoms with Crippen LogP contribution in [0.4, 0.5) is 4.79 Å². The lowest BCUT2D eigenvalue weighted by atomic mass is 9.77. The molecule has 3 aliphatic rings. The number of carbonyl (C=O) groups is 1. The van der Waals surface area contributed by atoms with Gasteiger partial charge in [0.15, 0.2) is 14.1 Å². The summed E-state index contributed by atoms with van der Waals surface area (Å²) in [4.78, 5) is 11.7. The van der Waals surface area contributed by atoms with Crippen LogP contribution in [0.2, 0.25) is 18.1 Å². The van der Waals surface area contributed by atoms with Gasteiger partial charge < -0.3 is 24.0 Å². The fraction of sp³-hybridized carbons (Fsp3) is 0.947. The average Bonchev–Trinajstić information content (AvgIpc) is 2.93. The van der Waals surface area contributed by atoms with Crippen LogP contribution in [0.25, 0.3) is 0 Å². The van der Waals surface area contributed by atoms with E-state index in [1.165, 1.54) is 0 Å². The molecule has 1 aliphatic carbocycles. The summed E-state index contributed by atoms with van der Waals surface area (Å²) in [6, 6.07) is -0.0710. The molecule has 1 N–H and O–H groups in total. The van der Waals surface area contributed by atoms with Crippen LogP contribution in [0.5, 0.6) is 0 Å². The molecule has 3 rings (SSSR count). The standard InChI is InChI=1S/C19H35NO5Si/c1-11-15(20-17(21)22-11)13-9-12(25-26(7,8)18(2,3)4)10-14-16(13)24-19(5,6)23-14/h11-16H,9-10H2,1-8H3,(H,20,21)/t11-,12-,13?,14-,15+,16-/m1/s1. The molecule has 0 aromatic carbocycles. The van der Waals surface area contributed by atoms with Gasteiger partial charge in [0, 0.05) is 18.4 Å². The maximum Gasteiger partial charge on any atom is 0.407 e. The number of amides is 1. The summed E-state index contributed by atoms with van der Waals surface area (Å²) in [5, 5.41) is 3.14. The Balaban J connectivity index is 1.81. The zero-order valence-corrected chi connectivity index (χ0v) is 18.4. The van der Waals surface area contributed by atoms with Crippen LogP contribution >= 0.6 is 0 Å². The number of rotatable bonds is 3. The molecule has 2 aliphatic heterocycles. The summed E-state index contributed by atoms with van der Waals surface area (Å²) in [6.45, 7) is 17.2. The molecule has 7 heteroatoms. The number of hydrogen-bond donors (Lipinski definition) is 1. The van der Waals surface area contributed by atoms with Crippen molar-refractivity contribution in [3.8, 4) is 0 Å². The molecule has 1 amide bonds. The molecule has 0 aromatic heterocycles. The lowest BCUT2D eigenvalue weighted by molar-refractivity contribution is -0.150. The van der Waals surface area contributed by atoms with Crippen molar-refractivity contribution in [2.45, 2.75) is 109 Å². The number of ether oxygens (including phenoxy) is 3. The first-order valence-corrected chi connectivity index (χ1v) is 12.7. The first-order chi connectivity index (χ1) is 11.8. The van der Waals surface area contributed by atoms with Gasteiger partial charge in [-0.05, 0) is 45.3 Å². The number of carbonyl (C=O) groups excluding carboxylic acids is 1. The Hall–Kier alpha value is -0.633. The molecule has 0 spiro atoms. The summed E-state index contributed by atoms with van der Waals surface area (Å²) in [5.41, 5.74) is 0. The van der Waals surface area contributed by atoms with Crippen molar-refractivity contribution in [2.75, 3.05) is 0 Å². The van der Waals surface area contributed by atoms with Gasteiger partial charge in [-0.2, -0.15) is 0 Å². The Morgan fingerprint density at radius 2 is 1.85 bits per heavy atom. The molecule has 0 radical (unpaired) electrons. The van der Waals surface area contributed by atoms with E-state index in [4.69, 9.17) is 18.6 Å². The van der Waals surface area contributed by atoms with E-state index >= 15 is 0 Å². The lowest BCUT2D eigenvalue weighted by Gasteiger charge is -2.45. The molecule has 1 saturated carbocycles. The van der Waals surface area contributed by atoms with Crippen LogP contribution in [-0.4, -0.2) is 50.7 Å². The van der Waals surface area contributed by atoms with Crippen molar-refractivity contribution in [3.63, 3.8) is 0 Å². The fourth-order valence-corrected chi connectivity index (χ4v) is 5.61. The minimum atomic E-state index is -1.89. The number of nitrogens with one attached hydrogen (secondary N) is 1. The van der Waals surface area contributed by atoms with Crippen molar-refractivity contribution in [1.29, 1.82) is 0 Å². The first-order valence-electron chi connectivity index (χ1n) is 9.80. The second-order valence-corrected chi connectivity index (χ2v) is 14.8. The first kappa shape index (κ1) is 20.1. The van der Waals surface area contributed by atoms with Crippen molar-refractivity contribution in [2.24, 2.45) is 5.92 Å². The van der Waals surface area contributed by atoms with Crippen molar-refractivity contribution in [3.05, 3.63) is 0 Å². The van der Waals surface area contributed by atoms with Crippen molar-refractivity contribution < 1.29 is 23.4 Å². The van der Waals surface area contributed by atoms with Gasteiger partial charge in [-0.3, -0.25) is 0 Å². The van der Waals surface area contributed by atoms with Gasteiger partial charge in [0.2, 0.25) is 0 Å². The van der Waals surface area contributed by atoms with Crippen molar-refractivity contribution in [1.82, 2.24) is 5.32 Å². The summed E-state index contributed by atoms with van der Waals surface area (Å²) >= 11 is 0. The van der Waals surface area contributed by atoms with Crippen LogP contribution in [-0.2, 0) is 18.6 Å². The maximum absolute atomic E-state index is 11.7. The summed E-state index contributed by atoms with van der Waals surface area (Å²) in [6.07, 6.45) is 1.24. The molecule has 2 heterocycles. The third kappa shape index (κ3) is 3.81. The van der Waals surface area contributed by atoms with E-state index < -0.39 is 14.1 Å². The molecule has 26 heavy (non-hydrogen) atoms. The van der Waals surface area contributed by atoms with Crippen molar-refractivity contribution >= 4 is 14.4 Å². The van der Waals surface area contributed by atoms with Crippen LogP contribution in [0.3, 0.4) is 0 Å². The average molecular weight is 386 g/mol. The van der Waals surface area contributed by atoms with E-state index in [-0.39, 0.29) is 47.5 Å².